The molecule has 280 valence electrons. The molecular weight excluding hydrogens is 675 g/mol. The summed E-state index contributed by atoms with van der Waals surface area (Å²) in [5.41, 5.74) is 17.3. The smallest absolute Gasteiger partial charge is 0.0543 e. The Hall–Kier alpha value is -4.88. The van der Waals surface area contributed by atoms with Crippen LogP contribution >= 0.6 is 0 Å². The Kier molecular flexibility index (Phi) is 8.38. The molecule has 56 heavy (non-hydrogen) atoms. The fourth-order valence-corrected chi connectivity index (χ4v) is 12.7. The van der Waals surface area contributed by atoms with E-state index in [-0.39, 0.29) is 5.41 Å². The minimum atomic E-state index is -0.101. The van der Waals surface area contributed by atoms with Gasteiger partial charge >= 0.3 is 0 Å². The van der Waals surface area contributed by atoms with Crippen LogP contribution in [-0.4, -0.2) is 0 Å². The van der Waals surface area contributed by atoms with Crippen molar-refractivity contribution in [2.45, 2.75) is 95.3 Å². The maximum Gasteiger partial charge on any atom is 0.0543 e. The van der Waals surface area contributed by atoms with Crippen molar-refractivity contribution in [2.75, 3.05) is 4.90 Å². The van der Waals surface area contributed by atoms with Crippen LogP contribution in [0.1, 0.15) is 112 Å². The average molecular weight is 730 g/mol. The highest BCUT2D eigenvalue weighted by atomic mass is 15.1. The molecule has 6 aliphatic carbocycles. The topological polar surface area (TPSA) is 3.24 Å². The molecule has 0 unspecified atom stereocenters. The summed E-state index contributed by atoms with van der Waals surface area (Å²) in [5.74, 6) is 5.17. The normalized spacial score (nSPS) is 24.5. The van der Waals surface area contributed by atoms with Gasteiger partial charge in [0, 0.05) is 22.4 Å². The fraction of sp³-hybridized carbons (Fsp3) is 0.345. The van der Waals surface area contributed by atoms with Gasteiger partial charge in [-0.25, -0.2) is 0 Å². The van der Waals surface area contributed by atoms with E-state index in [1.807, 2.05) is 0 Å². The van der Waals surface area contributed by atoms with Crippen LogP contribution < -0.4 is 4.90 Å². The van der Waals surface area contributed by atoms with Crippen LogP contribution in [0, 0.1) is 23.7 Å². The second-order valence-electron chi connectivity index (χ2n) is 18.8. The average Bonchev–Trinajstić information content (AvgIpc) is 3.47. The first kappa shape index (κ1) is 34.4. The Bertz CT molecular complexity index is 2330. The number of benzene rings is 6. The van der Waals surface area contributed by atoms with Gasteiger partial charge in [-0.05, 0) is 167 Å². The van der Waals surface area contributed by atoms with Crippen LogP contribution in [0.15, 0.2) is 140 Å². The van der Waals surface area contributed by atoms with Crippen LogP contribution in [0.2, 0.25) is 0 Å². The van der Waals surface area contributed by atoms with E-state index in [4.69, 9.17) is 0 Å². The Balaban J connectivity index is 1.07. The standard InChI is InChI=1S/C55H55N/c1-55(2)51-16-10-9-15-48(51)50-34-49(42-19-17-40(18-20-42)38-11-5-3-6-12-38)53(35-52(50)55)56(46-25-21-41(22-26-46)39-13-7-4-8-14-39)47-27-23-43(24-28-47)54-44-30-36-29-37(32-44)33-45(54)31-36/h3,5-6,9-12,15-28,34-37,39,44-45,54H,4,7-8,13-14,29-33H2,1-2H3. The van der Waals surface area contributed by atoms with Crippen LogP contribution in [0.5, 0.6) is 0 Å². The summed E-state index contributed by atoms with van der Waals surface area (Å²) in [6.45, 7) is 4.83. The second kappa shape index (κ2) is 13.7. The monoisotopic (exact) mass is 729 g/mol. The van der Waals surface area contributed by atoms with E-state index in [1.54, 1.807) is 5.56 Å². The number of hydrogen-bond acceptors (Lipinski definition) is 1. The minimum absolute atomic E-state index is 0.101. The van der Waals surface area contributed by atoms with Gasteiger partial charge in [0.25, 0.3) is 0 Å². The molecule has 0 saturated heterocycles. The van der Waals surface area contributed by atoms with Gasteiger partial charge in [0.2, 0.25) is 0 Å². The van der Waals surface area contributed by atoms with Crippen molar-refractivity contribution in [1.29, 1.82) is 0 Å². The molecule has 0 heterocycles. The predicted molar refractivity (Wildman–Crippen MR) is 235 cm³/mol. The van der Waals surface area contributed by atoms with E-state index in [1.165, 1.54) is 131 Å². The van der Waals surface area contributed by atoms with E-state index in [9.17, 15) is 0 Å². The summed E-state index contributed by atoms with van der Waals surface area (Å²) < 4.78 is 0. The lowest BCUT2D eigenvalue weighted by atomic mass is 9.51. The summed E-state index contributed by atoms with van der Waals surface area (Å²) in [6.07, 6.45) is 14.1. The fourth-order valence-electron chi connectivity index (χ4n) is 12.7. The van der Waals surface area contributed by atoms with Crippen molar-refractivity contribution in [3.8, 4) is 33.4 Å². The first-order valence-corrected chi connectivity index (χ1v) is 21.9. The lowest BCUT2D eigenvalue weighted by molar-refractivity contribution is -0.00277. The van der Waals surface area contributed by atoms with Gasteiger partial charge in [-0.1, -0.05) is 136 Å². The lowest BCUT2D eigenvalue weighted by Crippen LogP contribution is -2.43. The van der Waals surface area contributed by atoms with Crippen LogP contribution in [0.4, 0.5) is 17.1 Å². The zero-order chi connectivity index (χ0) is 37.4. The summed E-state index contributed by atoms with van der Waals surface area (Å²) >= 11 is 0. The van der Waals surface area contributed by atoms with Gasteiger partial charge < -0.3 is 4.90 Å². The largest absolute Gasteiger partial charge is 0.310 e. The lowest BCUT2D eigenvalue weighted by Gasteiger charge is -2.54. The predicted octanol–water partition coefficient (Wildman–Crippen LogP) is 15.4. The quantitative estimate of drug-likeness (QED) is 0.158. The summed E-state index contributed by atoms with van der Waals surface area (Å²) in [5, 5.41) is 0. The maximum atomic E-state index is 2.59. The van der Waals surface area contributed by atoms with Gasteiger partial charge in [-0.3, -0.25) is 0 Å². The Morgan fingerprint density at radius 3 is 1.70 bits per heavy atom. The SMILES string of the molecule is CC1(C)c2ccccc2-c2cc(-c3ccc(-c4ccccc4)cc3)c(N(c3ccc(C4CCCCC4)cc3)c3ccc(C4C5CC6CC(C5)CC4C6)cc3)cc21. The van der Waals surface area contributed by atoms with Crippen LogP contribution in [0.25, 0.3) is 33.4 Å². The molecule has 0 amide bonds. The highest BCUT2D eigenvalue weighted by molar-refractivity contribution is 5.95. The van der Waals surface area contributed by atoms with Crippen molar-refractivity contribution >= 4 is 17.1 Å². The molecule has 1 heteroatoms. The van der Waals surface area contributed by atoms with E-state index in [2.05, 4.69) is 158 Å². The van der Waals surface area contributed by atoms with Crippen LogP contribution in [0.3, 0.4) is 0 Å². The van der Waals surface area contributed by atoms with Crippen LogP contribution in [-0.2, 0) is 5.41 Å². The maximum absolute atomic E-state index is 2.59. The van der Waals surface area contributed by atoms with Gasteiger partial charge in [0.1, 0.15) is 0 Å². The third-order valence-electron chi connectivity index (χ3n) is 15.2. The van der Waals surface area contributed by atoms with Crippen molar-refractivity contribution in [3.63, 3.8) is 0 Å². The van der Waals surface area contributed by atoms with Crippen molar-refractivity contribution in [1.82, 2.24) is 0 Å². The molecule has 5 saturated carbocycles. The molecule has 0 atom stereocenters. The molecule has 6 aromatic carbocycles. The van der Waals surface area contributed by atoms with E-state index >= 15 is 0 Å². The van der Waals surface area contributed by atoms with Crippen molar-refractivity contribution in [2.24, 2.45) is 23.7 Å². The number of hydrogen-bond donors (Lipinski definition) is 0. The molecule has 6 aromatic rings. The molecular formula is C55H55N. The molecule has 12 rings (SSSR count). The number of nitrogens with zero attached hydrogens (tertiary/aromatic N) is 1. The zero-order valence-electron chi connectivity index (χ0n) is 33.3. The second-order valence-corrected chi connectivity index (χ2v) is 18.8. The Labute approximate surface area is 334 Å². The van der Waals surface area contributed by atoms with E-state index in [0.29, 0.717) is 5.92 Å². The number of anilines is 3. The van der Waals surface area contributed by atoms with Gasteiger partial charge in [-0.15, -0.1) is 0 Å². The molecule has 5 fully saturated rings. The van der Waals surface area contributed by atoms with Crippen molar-refractivity contribution < 1.29 is 0 Å². The third kappa shape index (κ3) is 5.79. The molecule has 1 nitrogen and oxygen atoms in total. The van der Waals surface area contributed by atoms with Gasteiger partial charge in [0.05, 0.1) is 5.69 Å². The Morgan fingerprint density at radius 2 is 1.04 bits per heavy atom. The highest BCUT2D eigenvalue weighted by Gasteiger charge is 2.48. The first-order valence-electron chi connectivity index (χ1n) is 21.9. The molecule has 0 N–H and O–H groups in total. The number of fused-ring (bicyclic) bond motifs is 3. The molecule has 0 spiro atoms. The number of rotatable bonds is 7. The zero-order valence-corrected chi connectivity index (χ0v) is 33.3. The molecule has 4 bridgehead atoms. The molecule has 6 aliphatic rings. The summed E-state index contributed by atoms with van der Waals surface area (Å²) in [4.78, 5) is 2.59. The Morgan fingerprint density at radius 1 is 0.464 bits per heavy atom. The highest BCUT2D eigenvalue weighted by Crippen LogP contribution is 2.60. The van der Waals surface area contributed by atoms with E-state index < -0.39 is 0 Å². The minimum Gasteiger partial charge on any atom is -0.310 e. The third-order valence-corrected chi connectivity index (χ3v) is 15.2. The van der Waals surface area contributed by atoms with Gasteiger partial charge in [0.15, 0.2) is 0 Å². The molecule has 0 aromatic heterocycles. The summed E-state index contributed by atoms with van der Waals surface area (Å²) in [7, 11) is 0. The summed E-state index contributed by atoms with van der Waals surface area (Å²) in [6, 6.07) is 53.9. The first-order chi connectivity index (χ1) is 27.5. The van der Waals surface area contributed by atoms with E-state index in [0.717, 1.165) is 29.6 Å². The van der Waals surface area contributed by atoms with Gasteiger partial charge in [-0.2, -0.15) is 0 Å². The van der Waals surface area contributed by atoms with Crippen molar-refractivity contribution in [3.05, 3.63) is 162 Å². The molecule has 0 radical (unpaired) electrons. The molecule has 0 aliphatic heterocycles.